The van der Waals surface area contributed by atoms with E-state index in [1.165, 1.54) is 32.1 Å². The molecule has 1 aromatic rings. The van der Waals surface area contributed by atoms with Crippen molar-refractivity contribution in [2.75, 3.05) is 5.23 Å². The highest BCUT2D eigenvalue weighted by atomic mass is 16.8. The van der Waals surface area contributed by atoms with Crippen molar-refractivity contribution in [2.45, 2.75) is 44.6 Å². The first-order valence-electron chi connectivity index (χ1n) is 7.23. The van der Waals surface area contributed by atoms with Crippen LogP contribution in [0.4, 0.5) is 5.69 Å². The summed E-state index contributed by atoms with van der Waals surface area (Å²) in [4.78, 5) is 5.59. The predicted molar refractivity (Wildman–Crippen MR) is 76.7 cm³/mol. The van der Waals surface area contributed by atoms with E-state index in [9.17, 15) is 5.21 Å². The molecule has 1 aromatic carbocycles. The highest BCUT2D eigenvalue weighted by molar-refractivity contribution is 6.01. The first kappa shape index (κ1) is 13.4. The summed E-state index contributed by atoms with van der Waals surface area (Å²) >= 11 is 0. The fraction of sp³-hybridized carbons (Fsp3) is 0.533. The number of rotatable bonds is 3. The molecule has 1 N–H and O–H groups in total. The molecule has 20 heavy (non-hydrogen) atoms. The molecule has 1 fully saturated rings. The summed E-state index contributed by atoms with van der Waals surface area (Å²) < 4.78 is 0. The Hall–Kier alpha value is -1.59. The largest absolute Gasteiger partial charge is 0.733 e. The van der Waals surface area contributed by atoms with E-state index in [-0.39, 0.29) is 17.0 Å². The zero-order valence-corrected chi connectivity index (χ0v) is 11.4. The minimum atomic E-state index is -0.127. The van der Waals surface area contributed by atoms with Crippen molar-refractivity contribution in [3.05, 3.63) is 35.0 Å². The second-order valence-electron chi connectivity index (χ2n) is 5.61. The number of benzene rings is 1. The van der Waals surface area contributed by atoms with Gasteiger partial charge in [-0.15, -0.1) is 0 Å². The third kappa shape index (κ3) is 2.78. The van der Waals surface area contributed by atoms with Crippen molar-refractivity contribution in [3.63, 3.8) is 0 Å². The van der Waals surface area contributed by atoms with Gasteiger partial charge in [-0.25, -0.2) is 0 Å². The third-order valence-corrected chi connectivity index (χ3v) is 4.27. The summed E-state index contributed by atoms with van der Waals surface area (Å²) in [5, 5.41) is 23.9. The first-order chi connectivity index (χ1) is 9.74. The molecule has 5 nitrogen and oxygen atoms in total. The summed E-state index contributed by atoms with van der Waals surface area (Å²) in [5.74, 6) is 0.599. The Balaban J connectivity index is 1.68. The van der Waals surface area contributed by atoms with E-state index in [2.05, 4.69) is 5.16 Å². The van der Waals surface area contributed by atoms with Crippen molar-refractivity contribution >= 4 is 11.4 Å². The lowest BCUT2D eigenvalue weighted by atomic mass is 9.83. The van der Waals surface area contributed by atoms with E-state index in [1.807, 2.05) is 6.07 Å². The van der Waals surface area contributed by atoms with Crippen LogP contribution >= 0.6 is 0 Å². The average molecular weight is 275 g/mol. The summed E-state index contributed by atoms with van der Waals surface area (Å²) in [6, 6.07) is 6.82. The van der Waals surface area contributed by atoms with Gasteiger partial charge < -0.3 is 15.3 Å². The predicted octanol–water partition coefficient (Wildman–Crippen LogP) is 3.45. The molecule has 1 aliphatic carbocycles. The van der Waals surface area contributed by atoms with Gasteiger partial charge in [-0.05, 0) is 30.9 Å². The smallest absolute Gasteiger partial charge is 0.136 e. The van der Waals surface area contributed by atoms with Crippen LogP contribution in [0.5, 0.6) is 0 Å². The Morgan fingerprint density at radius 3 is 2.80 bits per heavy atom. The maximum absolute atomic E-state index is 10.9. The molecule has 0 amide bonds. The number of oxime groups is 1. The van der Waals surface area contributed by atoms with Crippen LogP contribution in [-0.2, 0) is 4.84 Å². The molecule has 5 heteroatoms. The second kappa shape index (κ2) is 5.81. The topological polar surface area (TPSA) is 68.1 Å². The van der Waals surface area contributed by atoms with Crippen LogP contribution in [0.15, 0.2) is 29.4 Å². The summed E-state index contributed by atoms with van der Waals surface area (Å²) in [6.45, 7) is 0. The molecule has 108 valence electrons. The van der Waals surface area contributed by atoms with Gasteiger partial charge in [-0.3, -0.25) is 5.21 Å². The van der Waals surface area contributed by atoms with Crippen molar-refractivity contribution in [3.8, 4) is 0 Å². The van der Waals surface area contributed by atoms with Gasteiger partial charge >= 0.3 is 0 Å². The van der Waals surface area contributed by atoms with Crippen LogP contribution in [-0.4, -0.2) is 17.0 Å². The van der Waals surface area contributed by atoms with Gasteiger partial charge in [0.2, 0.25) is 0 Å². The SMILES string of the molecule is [O-]N(O)c1cccc(C2=NOC(C3CCCCC3)C2)c1. The van der Waals surface area contributed by atoms with Crippen molar-refractivity contribution < 1.29 is 10.0 Å². The molecule has 0 saturated heterocycles. The van der Waals surface area contributed by atoms with E-state index in [4.69, 9.17) is 10.0 Å². The van der Waals surface area contributed by atoms with E-state index in [1.54, 1.807) is 18.2 Å². The fourth-order valence-electron chi connectivity index (χ4n) is 3.13. The fourth-order valence-corrected chi connectivity index (χ4v) is 3.13. The van der Waals surface area contributed by atoms with Gasteiger partial charge in [0.15, 0.2) is 0 Å². The van der Waals surface area contributed by atoms with Gasteiger partial charge in [-0.2, -0.15) is 0 Å². The van der Waals surface area contributed by atoms with Gasteiger partial charge in [0, 0.05) is 12.0 Å². The highest BCUT2D eigenvalue weighted by Crippen LogP contribution is 2.33. The standard InChI is InChI=1S/C15H19N2O3/c18-17(19)13-8-4-7-12(9-13)14-10-15(20-16-14)11-5-2-1-3-6-11/h4,7-9,11,15,18H,1-3,5-6,10H2/q-1. The number of hydrogen-bond acceptors (Lipinski definition) is 5. The summed E-state index contributed by atoms with van der Waals surface area (Å²) in [6.07, 6.45) is 7.30. The minimum Gasteiger partial charge on any atom is -0.733 e. The number of nitrogens with zero attached hydrogens (tertiary/aromatic N) is 2. The van der Waals surface area contributed by atoms with Gasteiger partial charge in [0.1, 0.15) is 6.10 Å². The Kier molecular flexibility index (Phi) is 3.89. The molecule has 1 heterocycles. The van der Waals surface area contributed by atoms with Crippen LogP contribution in [0.25, 0.3) is 0 Å². The van der Waals surface area contributed by atoms with E-state index in [0.717, 1.165) is 17.7 Å². The quantitative estimate of drug-likeness (QED) is 0.858. The van der Waals surface area contributed by atoms with E-state index < -0.39 is 0 Å². The Morgan fingerprint density at radius 2 is 2.05 bits per heavy atom. The van der Waals surface area contributed by atoms with Crippen LogP contribution in [0.1, 0.15) is 44.1 Å². The normalized spacial score (nSPS) is 23.3. The monoisotopic (exact) mass is 275 g/mol. The molecule has 0 aromatic heterocycles. The Labute approximate surface area is 118 Å². The molecule has 3 rings (SSSR count). The lowest BCUT2D eigenvalue weighted by Crippen LogP contribution is -2.23. The molecule has 0 bridgehead atoms. The van der Waals surface area contributed by atoms with Crippen LogP contribution in [0.3, 0.4) is 0 Å². The van der Waals surface area contributed by atoms with Crippen LogP contribution in [0.2, 0.25) is 0 Å². The molecule has 0 spiro atoms. The zero-order chi connectivity index (χ0) is 13.9. The number of anilines is 1. The zero-order valence-electron chi connectivity index (χ0n) is 11.4. The maximum Gasteiger partial charge on any atom is 0.136 e. The lowest BCUT2D eigenvalue weighted by Gasteiger charge is -2.25. The average Bonchev–Trinajstić information content (AvgIpc) is 2.98. The summed E-state index contributed by atoms with van der Waals surface area (Å²) in [7, 11) is 0. The molecule has 0 radical (unpaired) electrons. The third-order valence-electron chi connectivity index (χ3n) is 4.27. The molecular weight excluding hydrogens is 256 g/mol. The van der Waals surface area contributed by atoms with Crippen LogP contribution in [0, 0.1) is 11.1 Å². The van der Waals surface area contributed by atoms with Gasteiger partial charge in [0.25, 0.3) is 0 Å². The summed E-state index contributed by atoms with van der Waals surface area (Å²) in [5.41, 5.74) is 1.92. The molecule has 1 saturated carbocycles. The first-order valence-corrected chi connectivity index (χ1v) is 7.23. The minimum absolute atomic E-state index is 0.127. The molecule has 1 unspecified atom stereocenters. The second-order valence-corrected chi connectivity index (χ2v) is 5.61. The van der Waals surface area contributed by atoms with Crippen molar-refractivity contribution in [1.29, 1.82) is 0 Å². The van der Waals surface area contributed by atoms with Crippen molar-refractivity contribution in [1.82, 2.24) is 0 Å². The van der Waals surface area contributed by atoms with E-state index in [0.29, 0.717) is 5.92 Å². The maximum atomic E-state index is 10.9. The molecule has 1 atom stereocenters. The highest BCUT2D eigenvalue weighted by Gasteiger charge is 2.31. The van der Waals surface area contributed by atoms with E-state index >= 15 is 0 Å². The number of hydrogen-bond donors (Lipinski definition) is 1. The molecule has 2 aliphatic rings. The van der Waals surface area contributed by atoms with Gasteiger partial charge in [0.05, 0.1) is 11.4 Å². The Bertz CT molecular complexity index is 496. The Morgan fingerprint density at radius 1 is 1.25 bits per heavy atom. The molecule has 1 aliphatic heterocycles. The lowest BCUT2D eigenvalue weighted by molar-refractivity contribution is 0.0268. The van der Waals surface area contributed by atoms with Gasteiger partial charge in [-0.1, -0.05) is 36.6 Å². The van der Waals surface area contributed by atoms with Crippen molar-refractivity contribution in [2.24, 2.45) is 11.1 Å². The van der Waals surface area contributed by atoms with Crippen LogP contribution < -0.4 is 5.23 Å². The molecular formula is C15H19N2O3-.